The molecule has 0 radical (unpaired) electrons. The number of likely N-dealkylation sites (N-methyl/N-ethyl adjacent to an activating group) is 1. The van der Waals surface area contributed by atoms with Gasteiger partial charge in [-0.15, -0.1) is 0 Å². The maximum Gasteiger partial charge on any atom is 0.0522 e. The van der Waals surface area contributed by atoms with E-state index in [-0.39, 0.29) is 0 Å². The largest absolute Gasteiger partial charge is 0.313 e. The Hall–Kier alpha value is -1.61. The van der Waals surface area contributed by atoms with Gasteiger partial charge in [-0.2, -0.15) is 5.10 Å². The summed E-state index contributed by atoms with van der Waals surface area (Å²) in [5, 5.41) is 7.79. The fourth-order valence-corrected chi connectivity index (χ4v) is 2.65. The molecular weight excluding hydrogens is 234 g/mol. The van der Waals surface area contributed by atoms with E-state index in [1.807, 2.05) is 17.9 Å². The van der Waals surface area contributed by atoms with Crippen molar-refractivity contribution in [3.8, 4) is 0 Å². The number of hydrogen-bond donors (Lipinski definition) is 1. The Kier molecular flexibility index (Phi) is 4.38. The SMILES string of the molecule is CCn1cc(CC(NC)c2c(C)cccc2C)cn1. The first-order valence-electron chi connectivity index (χ1n) is 6.90. The highest BCUT2D eigenvalue weighted by atomic mass is 15.3. The Morgan fingerprint density at radius 3 is 2.47 bits per heavy atom. The third-order valence-corrected chi connectivity index (χ3v) is 3.69. The molecule has 0 saturated carbocycles. The number of aryl methyl sites for hydroxylation is 3. The van der Waals surface area contributed by atoms with Gasteiger partial charge in [-0.1, -0.05) is 18.2 Å². The van der Waals surface area contributed by atoms with Crippen LogP contribution in [0.2, 0.25) is 0 Å². The number of rotatable bonds is 5. The highest BCUT2D eigenvalue weighted by molar-refractivity contribution is 5.37. The molecule has 0 fully saturated rings. The molecule has 1 unspecified atom stereocenters. The minimum atomic E-state index is 0.343. The maximum atomic E-state index is 4.35. The van der Waals surface area contributed by atoms with Crippen molar-refractivity contribution in [3.63, 3.8) is 0 Å². The second-order valence-corrected chi connectivity index (χ2v) is 5.06. The first kappa shape index (κ1) is 13.8. The lowest BCUT2D eigenvalue weighted by Gasteiger charge is -2.20. The van der Waals surface area contributed by atoms with E-state index in [2.05, 4.69) is 55.6 Å². The first-order chi connectivity index (χ1) is 9.15. The van der Waals surface area contributed by atoms with E-state index >= 15 is 0 Å². The fourth-order valence-electron chi connectivity index (χ4n) is 2.65. The summed E-state index contributed by atoms with van der Waals surface area (Å²) in [7, 11) is 2.03. The lowest BCUT2D eigenvalue weighted by Crippen LogP contribution is -2.20. The molecule has 0 spiro atoms. The third-order valence-electron chi connectivity index (χ3n) is 3.69. The monoisotopic (exact) mass is 257 g/mol. The standard InChI is InChI=1S/C16H23N3/c1-5-19-11-14(10-18-19)9-15(17-4)16-12(2)7-6-8-13(16)3/h6-8,10-11,15,17H,5,9H2,1-4H3. The van der Waals surface area contributed by atoms with Crippen LogP contribution in [0.25, 0.3) is 0 Å². The van der Waals surface area contributed by atoms with Gasteiger partial charge in [0.05, 0.1) is 6.20 Å². The summed E-state index contributed by atoms with van der Waals surface area (Å²) >= 11 is 0. The van der Waals surface area contributed by atoms with Crippen LogP contribution in [-0.4, -0.2) is 16.8 Å². The van der Waals surface area contributed by atoms with Crippen molar-refractivity contribution in [2.75, 3.05) is 7.05 Å². The van der Waals surface area contributed by atoms with Gasteiger partial charge in [0.25, 0.3) is 0 Å². The number of benzene rings is 1. The summed E-state index contributed by atoms with van der Waals surface area (Å²) in [4.78, 5) is 0. The lowest BCUT2D eigenvalue weighted by atomic mass is 9.93. The van der Waals surface area contributed by atoms with Gasteiger partial charge < -0.3 is 5.32 Å². The average molecular weight is 257 g/mol. The normalized spacial score (nSPS) is 12.6. The zero-order valence-corrected chi connectivity index (χ0v) is 12.3. The van der Waals surface area contributed by atoms with Crippen molar-refractivity contribution < 1.29 is 0 Å². The molecule has 3 nitrogen and oxygen atoms in total. The van der Waals surface area contributed by atoms with E-state index in [0.717, 1.165) is 13.0 Å². The summed E-state index contributed by atoms with van der Waals surface area (Å²) in [6.45, 7) is 7.40. The van der Waals surface area contributed by atoms with Crippen molar-refractivity contribution in [3.05, 3.63) is 52.8 Å². The molecule has 0 saturated heterocycles. The smallest absolute Gasteiger partial charge is 0.0522 e. The van der Waals surface area contributed by atoms with E-state index in [0.29, 0.717) is 6.04 Å². The molecule has 0 aliphatic heterocycles. The van der Waals surface area contributed by atoms with Crippen LogP contribution in [0.5, 0.6) is 0 Å². The van der Waals surface area contributed by atoms with Crippen molar-refractivity contribution >= 4 is 0 Å². The summed E-state index contributed by atoms with van der Waals surface area (Å²) < 4.78 is 1.98. The number of hydrogen-bond acceptors (Lipinski definition) is 2. The predicted molar refractivity (Wildman–Crippen MR) is 79.3 cm³/mol. The molecule has 0 aliphatic carbocycles. The zero-order valence-electron chi connectivity index (χ0n) is 12.3. The molecule has 0 amide bonds. The number of nitrogens with zero attached hydrogens (tertiary/aromatic N) is 2. The van der Waals surface area contributed by atoms with E-state index in [9.17, 15) is 0 Å². The van der Waals surface area contributed by atoms with Crippen molar-refractivity contribution in [2.24, 2.45) is 0 Å². The van der Waals surface area contributed by atoms with Gasteiger partial charge in [-0.3, -0.25) is 4.68 Å². The molecule has 1 N–H and O–H groups in total. The Morgan fingerprint density at radius 1 is 1.26 bits per heavy atom. The molecule has 19 heavy (non-hydrogen) atoms. The minimum Gasteiger partial charge on any atom is -0.313 e. The number of aromatic nitrogens is 2. The van der Waals surface area contributed by atoms with Gasteiger partial charge in [0.15, 0.2) is 0 Å². The van der Waals surface area contributed by atoms with Gasteiger partial charge in [-0.05, 0) is 56.5 Å². The molecule has 0 aliphatic rings. The van der Waals surface area contributed by atoms with Crippen LogP contribution in [0, 0.1) is 13.8 Å². The molecule has 1 aromatic heterocycles. The lowest BCUT2D eigenvalue weighted by molar-refractivity contribution is 0.584. The topological polar surface area (TPSA) is 29.9 Å². The second-order valence-electron chi connectivity index (χ2n) is 5.06. The summed E-state index contributed by atoms with van der Waals surface area (Å²) in [6, 6.07) is 6.83. The molecule has 3 heteroatoms. The first-order valence-corrected chi connectivity index (χ1v) is 6.90. The molecule has 2 aromatic rings. The van der Waals surface area contributed by atoms with Crippen molar-refractivity contribution in [1.82, 2.24) is 15.1 Å². The number of nitrogens with one attached hydrogen (secondary N) is 1. The van der Waals surface area contributed by atoms with Crippen LogP contribution in [-0.2, 0) is 13.0 Å². The summed E-state index contributed by atoms with van der Waals surface area (Å²) in [5.41, 5.74) is 5.39. The predicted octanol–water partition coefficient (Wildman–Crippen LogP) is 3.02. The average Bonchev–Trinajstić information content (AvgIpc) is 2.85. The van der Waals surface area contributed by atoms with Crippen molar-refractivity contribution in [1.29, 1.82) is 0 Å². The van der Waals surface area contributed by atoms with Gasteiger partial charge in [0, 0.05) is 18.8 Å². The van der Waals surface area contributed by atoms with Crippen LogP contribution in [0.1, 0.15) is 35.2 Å². The quantitative estimate of drug-likeness (QED) is 0.892. The Labute approximate surface area is 115 Å². The zero-order chi connectivity index (χ0) is 13.8. The Morgan fingerprint density at radius 2 is 1.95 bits per heavy atom. The molecule has 102 valence electrons. The van der Waals surface area contributed by atoms with E-state index in [1.54, 1.807) is 0 Å². The van der Waals surface area contributed by atoms with Crippen LogP contribution in [0.3, 0.4) is 0 Å². The van der Waals surface area contributed by atoms with Crippen LogP contribution in [0.15, 0.2) is 30.6 Å². The molecular formula is C16H23N3. The summed E-state index contributed by atoms with van der Waals surface area (Å²) in [5.74, 6) is 0. The maximum absolute atomic E-state index is 4.35. The molecule has 1 atom stereocenters. The van der Waals surface area contributed by atoms with Crippen LogP contribution in [0.4, 0.5) is 0 Å². The van der Waals surface area contributed by atoms with E-state index < -0.39 is 0 Å². The molecule has 2 rings (SSSR count). The third kappa shape index (κ3) is 3.04. The molecule has 1 heterocycles. The van der Waals surface area contributed by atoms with E-state index in [1.165, 1.54) is 22.3 Å². The Bertz CT molecular complexity index is 522. The Balaban J connectivity index is 2.25. The molecule has 0 bridgehead atoms. The van der Waals surface area contributed by atoms with Gasteiger partial charge >= 0.3 is 0 Å². The van der Waals surface area contributed by atoms with Gasteiger partial charge in [0.1, 0.15) is 0 Å². The fraction of sp³-hybridized carbons (Fsp3) is 0.438. The highest BCUT2D eigenvalue weighted by Gasteiger charge is 2.15. The summed E-state index contributed by atoms with van der Waals surface area (Å²) in [6.07, 6.45) is 5.08. The van der Waals surface area contributed by atoms with Gasteiger partial charge in [0.2, 0.25) is 0 Å². The van der Waals surface area contributed by atoms with E-state index in [4.69, 9.17) is 0 Å². The molecule has 1 aromatic carbocycles. The van der Waals surface area contributed by atoms with Gasteiger partial charge in [-0.25, -0.2) is 0 Å². The van der Waals surface area contributed by atoms with Crippen molar-refractivity contribution in [2.45, 2.75) is 39.8 Å². The minimum absolute atomic E-state index is 0.343. The van der Waals surface area contributed by atoms with Crippen LogP contribution >= 0.6 is 0 Å². The second kappa shape index (κ2) is 6.02. The van der Waals surface area contributed by atoms with Crippen LogP contribution < -0.4 is 5.32 Å². The highest BCUT2D eigenvalue weighted by Crippen LogP contribution is 2.24.